The molecular formula is C17H34N2O2. The maximum Gasteiger partial charge on any atom is 0.326 e. The van der Waals surface area contributed by atoms with E-state index in [9.17, 15) is 4.79 Å². The number of nitrogens with one attached hydrogen (secondary N) is 1. The Morgan fingerprint density at radius 3 is 2.57 bits per heavy atom. The first-order chi connectivity index (χ1) is 9.92. The number of nitrogens with zero attached hydrogens (tertiary/aromatic N) is 1. The van der Waals surface area contributed by atoms with Crippen molar-refractivity contribution in [2.45, 2.75) is 58.9 Å². The van der Waals surface area contributed by atoms with Gasteiger partial charge < -0.3 is 15.0 Å². The van der Waals surface area contributed by atoms with Crippen LogP contribution in [0.4, 0.5) is 0 Å². The molecule has 0 aromatic heterocycles. The predicted octanol–water partition coefficient (Wildman–Crippen LogP) is 2.68. The first-order valence-corrected chi connectivity index (χ1v) is 8.53. The number of rotatable bonds is 11. The van der Waals surface area contributed by atoms with Gasteiger partial charge in [0.05, 0.1) is 6.61 Å². The van der Waals surface area contributed by atoms with Gasteiger partial charge in [-0.1, -0.05) is 13.8 Å². The summed E-state index contributed by atoms with van der Waals surface area (Å²) in [5.41, 5.74) is -0.533. The van der Waals surface area contributed by atoms with Crippen LogP contribution in [0.25, 0.3) is 0 Å². The molecule has 0 spiro atoms. The second kappa shape index (κ2) is 8.74. The number of carbonyl (C=O) groups is 1. The lowest BCUT2D eigenvalue weighted by molar-refractivity contribution is -0.150. The van der Waals surface area contributed by atoms with Crippen LogP contribution in [0, 0.1) is 11.8 Å². The minimum atomic E-state index is -0.533. The summed E-state index contributed by atoms with van der Waals surface area (Å²) >= 11 is 0. The standard InChI is InChI=1S/C17H34N2O2/c1-6-18-17(4,16(20)21-7-2)10-8-9-11-19(5)13-15-12-14(15)3/h14-15,18H,6-13H2,1-5H3. The highest BCUT2D eigenvalue weighted by atomic mass is 16.5. The molecule has 4 heteroatoms. The summed E-state index contributed by atoms with van der Waals surface area (Å²) in [6, 6.07) is 0. The van der Waals surface area contributed by atoms with E-state index < -0.39 is 5.54 Å². The second-order valence-electron chi connectivity index (χ2n) is 6.78. The molecule has 0 bridgehead atoms. The van der Waals surface area contributed by atoms with Crippen LogP contribution in [0.5, 0.6) is 0 Å². The third kappa shape index (κ3) is 6.35. The van der Waals surface area contributed by atoms with E-state index in [2.05, 4.69) is 24.2 Å². The Bertz CT molecular complexity index is 322. The first-order valence-electron chi connectivity index (χ1n) is 8.53. The number of hydrogen-bond donors (Lipinski definition) is 1. The average Bonchev–Trinajstić information content (AvgIpc) is 3.10. The van der Waals surface area contributed by atoms with E-state index in [1.807, 2.05) is 20.8 Å². The Labute approximate surface area is 130 Å². The van der Waals surface area contributed by atoms with E-state index in [1.165, 1.54) is 13.0 Å². The molecule has 0 aromatic carbocycles. The maximum atomic E-state index is 12.1. The molecule has 1 rings (SSSR count). The molecule has 0 aliphatic heterocycles. The Kier molecular flexibility index (Phi) is 7.67. The topological polar surface area (TPSA) is 41.6 Å². The van der Waals surface area contributed by atoms with Crippen LogP contribution in [-0.4, -0.2) is 49.7 Å². The van der Waals surface area contributed by atoms with Crippen molar-refractivity contribution in [2.75, 3.05) is 33.3 Å². The fourth-order valence-electron chi connectivity index (χ4n) is 2.95. The molecular weight excluding hydrogens is 264 g/mol. The molecule has 1 N–H and O–H groups in total. The smallest absolute Gasteiger partial charge is 0.326 e. The number of esters is 1. The van der Waals surface area contributed by atoms with Gasteiger partial charge in [0.2, 0.25) is 0 Å². The van der Waals surface area contributed by atoms with E-state index >= 15 is 0 Å². The SMILES string of the molecule is CCNC(C)(CCCCN(C)CC1CC1C)C(=O)OCC. The molecule has 1 saturated carbocycles. The van der Waals surface area contributed by atoms with Crippen LogP contribution in [0.2, 0.25) is 0 Å². The third-order valence-electron chi connectivity index (χ3n) is 4.58. The molecule has 1 aliphatic carbocycles. The number of ether oxygens (including phenoxy) is 1. The van der Waals surface area contributed by atoms with Gasteiger partial charge >= 0.3 is 5.97 Å². The molecule has 0 amide bonds. The fourth-order valence-corrected chi connectivity index (χ4v) is 2.95. The van der Waals surface area contributed by atoms with Crippen LogP contribution >= 0.6 is 0 Å². The molecule has 0 heterocycles. The van der Waals surface area contributed by atoms with Crippen LogP contribution < -0.4 is 5.32 Å². The summed E-state index contributed by atoms with van der Waals surface area (Å²) in [7, 11) is 2.21. The largest absolute Gasteiger partial charge is 0.465 e. The zero-order valence-electron chi connectivity index (χ0n) is 14.6. The van der Waals surface area contributed by atoms with Gasteiger partial charge in [0.25, 0.3) is 0 Å². The normalized spacial score (nSPS) is 23.9. The van der Waals surface area contributed by atoms with Gasteiger partial charge in [-0.3, -0.25) is 4.79 Å². The summed E-state index contributed by atoms with van der Waals surface area (Å²) in [5, 5.41) is 3.29. The van der Waals surface area contributed by atoms with Gasteiger partial charge in [0, 0.05) is 6.54 Å². The number of unbranched alkanes of at least 4 members (excludes halogenated alkanes) is 1. The highest BCUT2D eigenvalue weighted by Gasteiger charge is 2.34. The van der Waals surface area contributed by atoms with Gasteiger partial charge in [-0.15, -0.1) is 0 Å². The van der Waals surface area contributed by atoms with E-state index in [4.69, 9.17) is 4.74 Å². The lowest BCUT2D eigenvalue weighted by atomic mass is 9.94. The second-order valence-corrected chi connectivity index (χ2v) is 6.78. The summed E-state index contributed by atoms with van der Waals surface area (Å²) in [5.74, 6) is 1.72. The molecule has 3 atom stereocenters. The monoisotopic (exact) mass is 298 g/mol. The summed E-state index contributed by atoms with van der Waals surface area (Å²) in [6.45, 7) is 11.8. The van der Waals surface area contributed by atoms with E-state index in [-0.39, 0.29) is 5.97 Å². The van der Waals surface area contributed by atoms with Gasteiger partial charge in [-0.2, -0.15) is 0 Å². The molecule has 21 heavy (non-hydrogen) atoms. The van der Waals surface area contributed by atoms with Crippen molar-refractivity contribution in [3.63, 3.8) is 0 Å². The average molecular weight is 298 g/mol. The van der Waals surface area contributed by atoms with Crippen molar-refractivity contribution in [3.8, 4) is 0 Å². The van der Waals surface area contributed by atoms with Crippen molar-refractivity contribution in [1.82, 2.24) is 10.2 Å². The fraction of sp³-hybridized carbons (Fsp3) is 0.941. The Morgan fingerprint density at radius 1 is 1.38 bits per heavy atom. The molecule has 1 aliphatic rings. The van der Waals surface area contributed by atoms with Crippen molar-refractivity contribution < 1.29 is 9.53 Å². The zero-order valence-corrected chi connectivity index (χ0v) is 14.6. The number of likely N-dealkylation sites (N-methyl/N-ethyl adjacent to an activating group) is 1. The minimum absolute atomic E-state index is 0.119. The van der Waals surface area contributed by atoms with Crippen molar-refractivity contribution >= 4 is 5.97 Å². The van der Waals surface area contributed by atoms with Crippen LogP contribution in [0.15, 0.2) is 0 Å². The van der Waals surface area contributed by atoms with Gasteiger partial charge in [-0.25, -0.2) is 0 Å². The molecule has 124 valence electrons. The highest BCUT2D eigenvalue weighted by molar-refractivity contribution is 5.80. The quantitative estimate of drug-likeness (QED) is 0.470. The van der Waals surface area contributed by atoms with E-state index in [1.54, 1.807) is 0 Å². The Morgan fingerprint density at radius 2 is 2.05 bits per heavy atom. The van der Waals surface area contributed by atoms with Crippen molar-refractivity contribution in [2.24, 2.45) is 11.8 Å². The summed E-state index contributed by atoms with van der Waals surface area (Å²) in [6.07, 6.45) is 4.42. The molecule has 3 unspecified atom stereocenters. The minimum Gasteiger partial charge on any atom is -0.465 e. The van der Waals surface area contributed by atoms with Crippen molar-refractivity contribution in [1.29, 1.82) is 0 Å². The summed E-state index contributed by atoms with van der Waals surface area (Å²) in [4.78, 5) is 14.5. The predicted molar refractivity (Wildman–Crippen MR) is 87.3 cm³/mol. The van der Waals surface area contributed by atoms with Crippen molar-refractivity contribution in [3.05, 3.63) is 0 Å². The van der Waals surface area contributed by atoms with Gasteiger partial charge in [-0.05, 0) is 71.5 Å². The van der Waals surface area contributed by atoms with Gasteiger partial charge in [0.1, 0.15) is 5.54 Å². The molecule has 0 aromatic rings. The van der Waals surface area contributed by atoms with Crippen LogP contribution in [0.3, 0.4) is 0 Å². The Hall–Kier alpha value is -0.610. The van der Waals surface area contributed by atoms with Crippen LogP contribution in [-0.2, 0) is 9.53 Å². The maximum absolute atomic E-state index is 12.1. The highest BCUT2D eigenvalue weighted by Crippen LogP contribution is 2.37. The molecule has 1 fully saturated rings. The summed E-state index contributed by atoms with van der Waals surface area (Å²) < 4.78 is 5.20. The van der Waals surface area contributed by atoms with Crippen LogP contribution in [0.1, 0.15) is 53.4 Å². The zero-order chi connectivity index (χ0) is 15.9. The molecule has 0 radical (unpaired) electrons. The number of carbonyl (C=O) groups excluding carboxylic acids is 1. The van der Waals surface area contributed by atoms with E-state index in [0.717, 1.165) is 44.2 Å². The Balaban J connectivity index is 2.24. The van der Waals surface area contributed by atoms with E-state index in [0.29, 0.717) is 6.61 Å². The van der Waals surface area contributed by atoms with Gasteiger partial charge in [0.15, 0.2) is 0 Å². The third-order valence-corrected chi connectivity index (χ3v) is 4.58. The molecule has 0 saturated heterocycles. The lowest BCUT2D eigenvalue weighted by Gasteiger charge is -2.28. The molecule has 4 nitrogen and oxygen atoms in total. The first kappa shape index (κ1) is 18.4. The number of hydrogen-bond acceptors (Lipinski definition) is 4. The lowest BCUT2D eigenvalue weighted by Crippen LogP contribution is -2.50.